The maximum Gasteiger partial charge on any atom is 0.0887 e. The average molecular weight is 487 g/mol. The van der Waals surface area contributed by atoms with Crippen molar-refractivity contribution in [3.05, 3.63) is 134 Å². The highest BCUT2D eigenvalue weighted by atomic mass is 15.0. The van der Waals surface area contributed by atoms with Gasteiger partial charge in [-0.05, 0) is 66.0 Å². The lowest BCUT2D eigenvalue weighted by Crippen LogP contribution is -1.97. The Bertz CT molecular complexity index is 2100. The zero-order chi connectivity index (χ0) is 25.1. The van der Waals surface area contributed by atoms with E-state index in [9.17, 15) is 0 Å². The molecule has 0 aliphatic heterocycles. The Kier molecular flexibility index (Phi) is 4.49. The van der Waals surface area contributed by atoms with E-state index in [4.69, 9.17) is 4.98 Å². The molecule has 0 unspecified atom stereocenters. The van der Waals surface area contributed by atoms with Gasteiger partial charge in [-0.25, -0.2) is 0 Å². The molecule has 178 valence electrons. The van der Waals surface area contributed by atoms with Gasteiger partial charge in [-0.2, -0.15) is 0 Å². The predicted molar refractivity (Wildman–Crippen MR) is 156 cm³/mol. The van der Waals surface area contributed by atoms with Crippen molar-refractivity contribution in [3.8, 4) is 22.8 Å². The molecule has 0 N–H and O–H groups in total. The third-order valence-corrected chi connectivity index (χ3v) is 7.43. The number of para-hydroxylation sites is 2. The van der Waals surface area contributed by atoms with Crippen LogP contribution in [0.1, 0.15) is 0 Å². The monoisotopic (exact) mass is 486 g/mol. The largest absolute Gasteiger partial charge is 0.317 e. The second kappa shape index (κ2) is 8.15. The fourth-order valence-electron chi connectivity index (χ4n) is 5.68. The quantitative estimate of drug-likeness (QED) is 0.252. The molecule has 0 saturated carbocycles. The van der Waals surface area contributed by atoms with Crippen LogP contribution in [0.2, 0.25) is 0 Å². The van der Waals surface area contributed by atoms with Crippen molar-refractivity contribution in [3.63, 3.8) is 0 Å². The van der Waals surface area contributed by atoms with Crippen molar-refractivity contribution in [2.75, 3.05) is 0 Å². The number of rotatable bonds is 3. The van der Waals surface area contributed by atoms with Crippen molar-refractivity contribution < 1.29 is 0 Å². The first-order chi connectivity index (χ1) is 18.8. The van der Waals surface area contributed by atoms with E-state index in [0.29, 0.717) is 0 Å². The van der Waals surface area contributed by atoms with E-state index in [2.05, 4.69) is 117 Å². The SMILES string of the molecule is c1ccc(-n2ccc3cc4c(ccc5c6ccccc6n(-c6ccc(-c7ccccn7)nc6)c45)cc32)cc1. The molecule has 4 heterocycles. The Morgan fingerprint density at radius 1 is 0.500 bits per heavy atom. The van der Waals surface area contributed by atoms with Gasteiger partial charge < -0.3 is 9.13 Å². The number of nitrogens with zero attached hydrogens (tertiary/aromatic N) is 4. The summed E-state index contributed by atoms with van der Waals surface area (Å²) in [5.41, 5.74) is 7.50. The van der Waals surface area contributed by atoms with E-state index in [1.165, 1.54) is 43.5 Å². The smallest absolute Gasteiger partial charge is 0.0887 e. The minimum atomic E-state index is 0.865. The molecule has 38 heavy (non-hydrogen) atoms. The lowest BCUT2D eigenvalue weighted by molar-refractivity contribution is 1.13. The molecule has 8 aromatic rings. The topological polar surface area (TPSA) is 35.6 Å². The normalized spacial score (nSPS) is 11.7. The van der Waals surface area contributed by atoms with Crippen LogP contribution in [0.3, 0.4) is 0 Å². The van der Waals surface area contributed by atoms with Crippen molar-refractivity contribution in [1.29, 1.82) is 0 Å². The van der Waals surface area contributed by atoms with Crippen molar-refractivity contribution in [2.45, 2.75) is 0 Å². The molecule has 8 rings (SSSR count). The van der Waals surface area contributed by atoms with Gasteiger partial charge in [0.2, 0.25) is 0 Å². The third kappa shape index (κ3) is 3.10. The standard InChI is InChI=1S/C34H22N4/c1-2-8-25(9-3-1)37-19-17-24-20-29-23(21-33(24)37)13-15-28-27-10-4-5-12-32(27)38(34(28)29)26-14-16-31(36-22-26)30-11-6-7-18-35-30/h1-22H. The molecular weight excluding hydrogens is 464 g/mol. The van der Waals surface area contributed by atoms with E-state index >= 15 is 0 Å². The van der Waals surface area contributed by atoms with E-state index in [1.807, 2.05) is 24.4 Å². The summed E-state index contributed by atoms with van der Waals surface area (Å²) in [4.78, 5) is 9.26. The van der Waals surface area contributed by atoms with Crippen LogP contribution in [-0.2, 0) is 0 Å². The molecule has 0 bridgehead atoms. The molecule has 0 spiro atoms. The zero-order valence-electron chi connectivity index (χ0n) is 20.5. The van der Waals surface area contributed by atoms with E-state index in [-0.39, 0.29) is 0 Å². The second-order valence-electron chi connectivity index (χ2n) is 9.58. The van der Waals surface area contributed by atoms with Gasteiger partial charge >= 0.3 is 0 Å². The molecule has 4 aromatic carbocycles. The van der Waals surface area contributed by atoms with E-state index < -0.39 is 0 Å². The average Bonchev–Trinajstić information content (AvgIpc) is 3.56. The van der Waals surface area contributed by atoms with Crippen molar-refractivity contribution >= 4 is 43.5 Å². The maximum absolute atomic E-state index is 4.80. The Morgan fingerprint density at radius 2 is 1.34 bits per heavy atom. The molecule has 0 aliphatic carbocycles. The molecule has 0 saturated heterocycles. The fourth-order valence-corrected chi connectivity index (χ4v) is 5.68. The van der Waals surface area contributed by atoms with Gasteiger partial charge in [-0.1, -0.05) is 54.6 Å². The lowest BCUT2D eigenvalue weighted by atomic mass is 10.0. The van der Waals surface area contributed by atoms with Gasteiger partial charge in [0.15, 0.2) is 0 Å². The van der Waals surface area contributed by atoms with Gasteiger partial charge in [-0.15, -0.1) is 0 Å². The summed E-state index contributed by atoms with van der Waals surface area (Å²) >= 11 is 0. The zero-order valence-corrected chi connectivity index (χ0v) is 20.5. The van der Waals surface area contributed by atoms with Gasteiger partial charge in [0.05, 0.1) is 39.8 Å². The molecule has 0 atom stereocenters. The molecule has 0 aliphatic rings. The fraction of sp³-hybridized carbons (Fsp3) is 0. The minimum Gasteiger partial charge on any atom is -0.317 e. The van der Waals surface area contributed by atoms with E-state index in [0.717, 1.165) is 22.8 Å². The van der Waals surface area contributed by atoms with Crippen LogP contribution in [0.4, 0.5) is 0 Å². The predicted octanol–water partition coefficient (Wildman–Crippen LogP) is 8.34. The molecule has 0 radical (unpaired) electrons. The summed E-state index contributed by atoms with van der Waals surface area (Å²) in [7, 11) is 0. The molecule has 4 nitrogen and oxygen atoms in total. The summed E-state index contributed by atoms with van der Waals surface area (Å²) in [5, 5.41) is 6.13. The highest BCUT2D eigenvalue weighted by Gasteiger charge is 2.16. The summed E-state index contributed by atoms with van der Waals surface area (Å²) < 4.78 is 4.61. The highest BCUT2D eigenvalue weighted by Crippen LogP contribution is 2.38. The van der Waals surface area contributed by atoms with E-state index in [1.54, 1.807) is 6.20 Å². The highest BCUT2D eigenvalue weighted by molar-refractivity contribution is 6.20. The van der Waals surface area contributed by atoms with Crippen LogP contribution in [-0.4, -0.2) is 19.1 Å². The minimum absolute atomic E-state index is 0.865. The molecule has 0 fully saturated rings. The summed E-state index contributed by atoms with van der Waals surface area (Å²) in [5.74, 6) is 0. The van der Waals surface area contributed by atoms with Gasteiger partial charge in [0, 0.05) is 39.6 Å². The Morgan fingerprint density at radius 3 is 2.18 bits per heavy atom. The van der Waals surface area contributed by atoms with Crippen LogP contribution in [0.5, 0.6) is 0 Å². The number of hydrogen-bond donors (Lipinski definition) is 0. The number of aromatic nitrogens is 4. The maximum atomic E-state index is 4.80. The molecule has 4 heteroatoms. The van der Waals surface area contributed by atoms with Gasteiger partial charge in [0.1, 0.15) is 0 Å². The summed E-state index contributed by atoms with van der Waals surface area (Å²) in [6.07, 6.45) is 5.92. The third-order valence-electron chi connectivity index (χ3n) is 7.43. The van der Waals surface area contributed by atoms with Crippen LogP contribution in [0.15, 0.2) is 134 Å². The number of fused-ring (bicyclic) bond motifs is 6. The lowest BCUT2D eigenvalue weighted by Gasteiger charge is -2.11. The first-order valence-electron chi connectivity index (χ1n) is 12.8. The molecule has 4 aromatic heterocycles. The Balaban J connectivity index is 1.40. The summed E-state index contributed by atoms with van der Waals surface area (Å²) in [6, 6.07) is 40.6. The van der Waals surface area contributed by atoms with Crippen LogP contribution in [0.25, 0.3) is 66.2 Å². The van der Waals surface area contributed by atoms with Crippen LogP contribution < -0.4 is 0 Å². The van der Waals surface area contributed by atoms with Crippen LogP contribution in [0, 0.1) is 0 Å². The first-order valence-corrected chi connectivity index (χ1v) is 12.8. The number of hydrogen-bond acceptors (Lipinski definition) is 2. The molecule has 0 amide bonds. The summed E-state index contributed by atoms with van der Waals surface area (Å²) in [6.45, 7) is 0. The first kappa shape index (κ1) is 20.9. The van der Waals surface area contributed by atoms with Gasteiger partial charge in [-0.3, -0.25) is 9.97 Å². The second-order valence-corrected chi connectivity index (χ2v) is 9.58. The Hall–Kier alpha value is -5.22. The Labute approximate surface area is 219 Å². The van der Waals surface area contributed by atoms with Crippen LogP contribution >= 0.6 is 0 Å². The number of pyridine rings is 2. The molecular formula is C34H22N4. The van der Waals surface area contributed by atoms with Crippen molar-refractivity contribution in [1.82, 2.24) is 19.1 Å². The van der Waals surface area contributed by atoms with Crippen molar-refractivity contribution in [2.24, 2.45) is 0 Å². The van der Waals surface area contributed by atoms with Gasteiger partial charge in [0.25, 0.3) is 0 Å². The number of benzene rings is 4.